The van der Waals surface area contributed by atoms with Crippen LogP contribution in [0.2, 0.25) is 0 Å². The van der Waals surface area contributed by atoms with E-state index in [0.717, 1.165) is 36.3 Å². The minimum Gasteiger partial charge on any atom is -0.337 e. The largest absolute Gasteiger partial charge is 0.337 e. The minimum atomic E-state index is -0.424. The Morgan fingerprint density at radius 1 is 1.17 bits per heavy atom. The van der Waals surface area contributed by atoms with E-state index in [9.17, 15) is 4.79 Å². The van der Waals surface area contributed by atoms with Crippen LogP contribution in [0.25, 0.3) is 5.57 Å². The zero-order valence-corrected chi connectivity index (χ0v) is 15.2. The van der Waals surface area contributed by atoms with E-state index in [2.05, 4.69) is 36.0 Å². The second-order valence-corrected chi connectivity index (χ2v) is 6.39. The van der Waals surface area contributed by atoms with Crippen LogP contribution >= 0.6 is 0 Å². The summed E-state index contributed by atoms with van der Waals surface area (Å²) in [6.07, 6.45) is 0. The number of hydrogen-bond donors (Lipinski definition) is 2. The Labute approximate surface area is 141 Å². The van der Waals surface area contributed by atoms with Gasteiger partial charge in [-0.1, -0.05) is 50.3 Å². The fourth-order valence-corrected chi connectivity index (χ4v) is 2.44. The Hall–Kier alpha value is -1.81. The molecule has 1 aromatic rings. The van der Waals surface area contributed by atoms with Crippen LogP contribution in [0.3, 0.4) is 0 Å². The van der Waals surface area contributed by atoms with Gasteiger partial charge >= 0.3 is 6.03 Å². The molecule has 1 aromatic carbocycles. The van der Waals surface area contributed by atoms with Crippen LogP contribution in [0.5, 0.6) is 0 Å². The van der Waals surface area contributed by atoms with Crippen molar-refractivity contribution < 1.29 is 4.79 Å². The molecule has 1 rings (SSSR count). The Balaban J connectivity index is 2.56. The van der Waals surface area contributed by atoms with E-state index in [1.165, 1.54) is 0 Å². The molecule has 0 aromatic heterocycles. The summed E-state index contributed by atoms with van der Waals surface area (Å²) in [6, 6.07) is 8.03. The molecule has 0 radical (unpaired) electrons. The maximum atomic E-state index is 12.1. The van der Waals surface area contributed by atoms with Crippen molar-refractivity contribution >= 4 is 11.6 Å². The van der Waals surface area contributed by atoms with Crippen LogP contribution in [0.15, 0.2) is 30.8 Å². The van der Waals surface area contributed by atoms with Gasteiger partial charge in [0.25, 0.3) is 0 Å². The van der Waals surface area contributed by atoms with Crippen molar-refractivity contribution in [2.45, 2.75) is 40.2 Å². The standard InChI is InChI=1S/C19H31N3O/c1-7-22(8-2)14-13-20-18(23)21-19(5,6)17-11-9-16(10-12-17)15(3)4/h9-12H,3,7-8,13-14H2,1-2,4-6H3,(H2,20,21,23). The molecule has 128 valence electrons. The molecule has 4 heteroatoms. The van der Waals surface area contributed by atoms with Crippen LogP contribution in [-0.4, -0.2) is 37.1 Å². The number of nitrogens with zero attached hydrogens (tertiary/aromatic N) is 1. The van der Waals surface area contributed by atoms with E-state index >= 15 is 0 Å². The van der Waals surface area contributed by atoms with E-state index in [4.69, 9.17) is 0 Å². The van der Waals surface area contributed by atoms with Crippen molar-refractivity contribution in [3.8, 4) is 0 Å². The highest BCUT2D eigenvalue weighted by Gasteiger charge is 2.22. The summed E-state index contributed by atoms with van der Waals surface area (Å²) in [5.74, 6) is 0. The molecular formula is C19H31N3O. The molecule has 0 heterocycles. The summed E-state index contributed by atoms with van der Waals surface area (Å²) in [5, 5.41) is 5.97. The third-order valence-electron chi connectivity index (χ3n) is 4.13. The van der Waals surface area contributed by atoms with E-state index in [1.54, 1.807) is 0 Å². The number of carbonyl (C=O) groups excluding carboxylic acids is 1. The predicted octanol–water partition coefficient (Wildman–Crippen LogP) is 3.60. The Morgan fingerprint density at radius 3 is 2.22 bits per heavy atom. The third-order valence-corrected chi connectivity index (χ3v) is 4.13. The first-order chi connectivity index (χ1) is 10.8. The molecule has 0 aliphatic heterocycles. The highest BCUT2D eigenvalue weighted by molar-refractivity contribution is 5.75. The van der Waals surface area contributed by atoms with Gasteiger partial charge in [0.15, 0.2) is 0 Å². The van der Waals surface area contributed by atoms with Gasteiger partial charge in [0.2, 0.25) is 0 Å². The summed E-state index contributed by atoms with van der Waals surface area (Å²) in [7, 11) is 0. The molecule has 0 aliphatic rings. The number of hydrogen-bond acceptors (Lipinski definition) is 2. The second-order valence-electron chi connectivity index (χ2n) is 6.39. The van der Waals surface area contributed by atoms with Crippen LogP contribution in [0.1, 0.15) is 45.7 Å². The first-order valence-electron chi connectivity index (χ1n) is 8.35. The smallest absolute Gasteiger partial charge is 0.315 e. The second kappa shape index (κ2) is 8.73. The van der Waals surface area contributed by atoms with Gasteiger partial charge in [0.05, 0.1) is 5.54 Å². The zero-order valence-electron chi connectivity index (χ0n) is 15.2. The quantitative estimate of drug-likeness (QED) is 0.769. The van der Waals surface area contributed by atoms with Crippen molar-refractivity contribution in [3.63, 3.8) is 0 Å². The van der Waals surface area contributed by atoms with Gasteiger partial charge in [-0.25, -0.2) is 4.79 Å². The molecule has 2 amide bonds. The van der Waals surface area contributed by atoms with Crippen LogP contribution in [0, 0.1) is 0 Å². The summed E-state index contributed by atoms with van der Waals surface area (Å²) in [6.45, 7) is 17.7. The molecule has 23 heavy (non-hydrogen) atoms. The number of benzene rings is 1. The number of urea groups is 1. The number of nitrogens with one attached hydrogen (secondary N) is 2. The molecule has 0 fully saturated rings. The number of allylic oxidation sites excluding steroid dienone is 1. The van der Waals surface area contributed by atoms with E-state index in [0.29, 0.717) is 6.54 Å². The average molecular weight is 317 g/mol. The summed E-state index contributed by atoms with van der Waals surface area (Å²) >= 11 is 0. The lowest BCUT2D eigenvalue weighted by molar-refractivity contribution is 0.226. The van der Waals surface area contributed by atoms with Crippen molar-refractivity contribution in [1.82, 2.24) is 15.5 Å². The molecule has 4 nitrogen and oxygen atoms in total. The monoisotopic (exact) mass is 317 g/mol. The maximum Gasteiger partial charge on any atom is 0.315 e. The molecule has 0 spiro atoms. The van der Waals surface area contributed by atoms with Crippen molar-refractivity contribution in [2.75, 3.05) is 26.2 Å². The van der Waals surface area contributed by atoms with Gasteiger partial charge in [-0.05, 0) is 45.0 Å². The van der Waals surface area contributed by atoms with E-state index < -0.39 is 5.54 Å². The van der Waals surface area contributed by atoms with Crippen molar-refractivity contribution in [3.05, 3.63) is 42.0 Å². The van der Waals surface area contributed by atoms with E-state index in [1.807, 2.05) is 45.0 Å². The van der Waals surface area contributed by atoms with Gasteiger partial charge in [-0.2, -0.15) is 0 Å². The fourth-order valence-electron chi connectivity index (χ4n) is 2.44. The maximum absolute atomic E-state index is 12.1. The van der Waals surface area contributed by atoms with Gasteiger partial charge < -0.3 is 15.5 Å². The molecule has 0 aliphatic carbocycles. The van der Waals surface area contributed by atoms with Gasteiger partial charge in [-0.3, -0.25) is 0 Å². The Bertz CT molecular complexity index is 516. The number of carbonyl (C=O) groups is 1. The highest BCUT2D eigenvalue weighted by atomic mass is 16.2. The molecule has 0 bridgehead atoms. The van der Waals surface area contributed by atoms with Crippen LogP contribution in [0.4, 0.5) is 4.79 Å². The number of likely N-dealkylation sites (N-methyl/N-ethyl adjacent to an activating group) is 1. The Kier molecular flexibility index (Phi) is 7.30. The molecule has 0 saturated carbocycles. The lowest BCUT2D eigenvalue weighted by Gasteiger charge is -2.27. The SMILES string of the molecule is C=C(C)c1ccc(C(C)(C)NC(=O)NCCN(CC)CC)cc1. The van der Waals surface area contributed by atoms with Gasteiger partial charge in [0.1, 0.15) is 0 Å². The molecule has 0 atom stereocenters. The fraction of sp³-hybridized carbons (Fsp3) is 0.526. The lowest BCUT2D eigenvalue weighted by atomic mass is 9.93. The zero-order chi connectivity index (χ0) is 17.5. The molecule has 2 N–H and O–H groups in total. The lowest BCUT2D eigenvalue weighted by Crippen LogP contribution is -2.48. The predicted molar refractivity (Wildman–Crippen MR) is 98.5 cm³/mol. The highest BCUT2D eigenvalue weighted by Crippen LogP contribution is 2.22. The van der Waals surface area contributed by atoms with E-state index in [-0.39, 0.29) is 6.03 Å². The molecule has 0 saturated heterocycles. The summed E-state index contributed by atoms with van der Waals surface area (Å²) in [4.78, 5) is 14.4. The number of amides is 2. The summed E-state index contributed by atoms with van der Waals surface area (Å²) in [5.41, 5.74) is 2.80. The normalized spacial score (nSPS) is 11.4. The molecule has 0 unspecified atom stereocenters. The average Bonchev–Trinajstić information content (AvgIpc) is 2.51. The van der Waals surface area contributed by atoms with Crippen molar-refractivity contribution in [2.24, 2.45) is 0 Å². The Morgan fingerprint density at radius 2 is 1.74 bits per heavy atom. The first-order valence-corrected chi connectivity index (χ1v) is 8.35. The van der Waals surface area contributed by atoms with Crippen LogP contribution in [-0.2, 0) is 5.54 Å². The van der Waals surface area contributed by atoms with Crippen molar-refractivity contribution in [1.29, 1.82) is 0 Å². The molecular weight excluding hydrogens is 286 g/mol. The third kappa shape index (κ3) is 6.06. The summed E-state index contributed by atoms with van der Waals surface area (Å²) < 4.78 is 0. The van der Waals surface area contributed by atoms with Gasteiger partial charge in [0, 0.05) is 13.1 Å². The minimum absolute atomic E-state index is 0.133. The van der Waals surface area contributed by atoms with Crippen LogP contribution < -0.4 is 10.6 Å². The number of rotatable bonds is 8. The van der Waals surface area contributed by atoms with Gasteiger partial charge in [-0.15, -0.1) is 0 Å². The first kappa shape index (κ1) is 19.2. The topological polar surface area (TPSA) is 44.4 Å².